The highest BCUT2D eigenvalue weighted by Crippen LogP contribution is 2.26. The predicted octanol–water partition coefficient (Wildman–Crippen LogP) is 1.71. The second-order valence-corrected chi connectivity index (χ2v) is 7.87. The van der Waals surface area contributed by atoms with E-state index in [4.69, 9.17) is 0 Å². The molecule has 6 nitrogen and oxygen atoms in total. The highest BCUT2D eigenvalue weighted by atomic mass is 16.3. The van der Waals surface area contributed by atoms with E-state index in [1.807, 2.05) is 10.9 Å². The van der Waals surface area contributed by atoms with Crippen LogP contribution in [-0.4, -0.2) is 74.3 Å². The minimum Gasteiger partial charge on any atom is -0.393 e. The third-order valence-electron chi connectivity index (χ3n) is 5.68. The SMILES string of the molecule is CC(O)Cc1cn(C2CCN(C3CCN(C(C)C)CC3)CC2)nn1. The first-order valence-corrected chi connectivity index (χ1v) is 9.60. The zero-order chi connectivity index (χ0) is 17.1. The quantitative estimate of drug-likeness (QED) is 0.888. The highest BCUT2D eigenvalue weighted by molar-refractivity contribution is 4.96. The molecular formula is C18H33N5O. The van der Waals surface area contributed by atoms with Crippen molar-refractivity contribution in [2.45, 2.75) is 77.1 Å². The van der Waals surface area contributed by atoms with Crippen molar-refractivity contribution in [2.24, 2.45) is 0 Å². The number of aromatic nitrogens is 3. The molecular weight excluding hydrogens is 302 g/mol. The molecule has 1 aromatic rings. The molecule has 0 spiro atoms. The van der Waals surface area contributed by atoms with Crippen LogP contribution in [0, 0.1) is 0 Å². The van der Waals surface area contributed by atoms with Gasteiger partial charge in [-0.05, 0) is 59.5 Å². The minimum atomic E-state index is -0.353. The van der Waals surface area contributed by atoms with Gasteiger partial charge in [-0.3, -0.25) is 0 Å². The number of hydrogen-bond donors (Lipinski definition) is 1. The van der Waals surface area contributed by atoms with Gasteiger partial charge in [0, 0.05) is 37.8 Å². The third-order valence-corrected chi connectivity index (χ3v) is 5.68. The summed E-state index contributed by atoms with van der Waals surface area (Å²) in [4.78, 5) is 5.30. The van der Waals surface area contributed by atoms with Crippen molar-refractivity contribution in [3.8, 4) is 0 Å². The molecule has 3 heterocycles. The van der Waals surface area contributed by atoms with Crippen LogP contribution in [0.4, 0.5) is 0 Å². The zero-order valence-electron chi connectivity index (χ0n) is 15.4. The molecule has 1 aromatic heterocycles. The van der Waals surface area contributed by atoms with Gasteiger partial charge in [-0.25, -0.2) is 4.68 Å². The molecule has 1 N–H and O–H groups in total. The summed E-state index contributed by atoms with van der Waals surface area (Å²) in [6.45, 7) is 11.2. The summed E-state index contributed by atoms with van der Waals surface area (Å²) in [7, 11) is 0. The van der Waals surface area contributed by atoms with Gasteiger partial charge in [0.25, 0.3) is 0 Å². The van der Waals surface area contributed by atoms with Crippen molar-refractivity contribution >= 4 is 0 Å². The Hall–Kier alpha value is -0.980. The van der Waals surface area contributed by atoms with Gasteiger partial charge in [0.05, 0.1) is 17.8 Å². The normalized spacial score (nSPS) is 23.9. The van der Waals surface area contributed by atoms with Gasteiger partial charge in [-0.15, -0.1) is 5.10 Å². The molecule has 2 saturated heterocycles. The first kappa shape index (κ1) is 17.8. The van der Waals surface area contributed by atoms with E-state index in [2.05, 4.69) is 34.0 Å². The van der Waals surface area contributed by atoms with E-state index < -0.39 is 0 Å². The Kier molecular flexibility index (Phi) is 5.89. The number of aliphatic hydroxyl groups excluding tert-OH is 1. The fourth-order valence-electron chi connectivity index (χ4n) is 4.17. The third kappa shape index (κ3) is 4.35. The molecule has 2 aliphatic heterocycles. The molecule has 2 fully saturated rings. The smallest absolute Gasteiger partial charge is 0.0852 e. The fraction of sp³-hybridized carbons (Fsp3) is 0.889. The Bertz CT molecular complexity index is 499. The van der Waals surface area contributed by atoms with E-state index in [9.17, 15) is 5.11 Å². The second-order valence-electron chi connectivity index (χ2n) is 7.87. The summed E-state index contributed by atoms with van der Waals surface area (Å²) < 4.78 is 2.02. The lowest BCUT2D eigenvalue weighted by atomic mass is 9.97. The lowest BCUT2D eigenvalue weighted by molar-refractivity contribution is 0.0669. The molecule has 1 atom stereocenters. The van der Waals surface area contributed by atoms with E-state index >= 15 is 0 Å². The van der Waals surface area contributed by atoms with Crippen LogP contribution >= 0.6 is 0 Å². The summed E-state index contributed by atoms with van der Waals surface area (Å²) >= 11 is 0. The lowest BCUT2D eigenvalue weighted by Crippen LogP contribution is -2.49. The molecule has 0 saturated carbocycles. The monoisotopic (exact) mass is 335 g/mol. The summed E-state index contributed by atoms with van der Waals surface area (Å²) in [5.74, 6) is 0. The lowest BCUT2D eigenvalue weighted by Gasteiger charge is -2.42. The van der Waals surface area contributed by atoms with Crippen molar-refractivity contribution < 1.29 is 5.11 Å². The number of piperidine rings is 2. The van der Waals surface area contributed by atoms with E-state index in [0.29, 0.717) is 18.5 Å². The first-order valence-electron chi connectivity index (χ1n) is 9.60. The van der Waals surface area contributed by atoms with E-state index in [-0.39, 0.29) is 6.10 Å². The maximum absolute atomic E-state index is 9.47. The van der Waals surface area contributed by atoms with E-state index in [0.717, 1.165) is 24.6 Å². The molecule has 136 valence electrons. The van der Waals surface area contributed by atoms with Crippen molar-refractivity contribution in [1.82, 2.24) is 24.8 Å². The van der Waals surface area contributed by atoms with Crippen molar-refractivity contribution in [2.75, 3.05) is 26.2 Å². The van der Waals surface area contributed by atoms with Crippen LogP contribution in [0.15, 0.2) is 6.20 Å². The van der Waals surface area contributed by atoms with Crippen molar-refractivity contribution in [1.29, 1.82) is 0 Å². The number of rotatable bonds is 5. The van der Waals surface area contributed by atoms with Crippen molar-refractivity contribution in [3.63, 3.8) is 0 Å². The van der Waals surface area contributed by atoms with Gasteiger partial charge < -0.3 is 14.9 Å². The molecule has 24 heavy (non-hydrogen) atoms. The Morgan fingerprint density at radius 3 is 2.25 bits per heavy atom. The molecule has 0 amide bonds. The molecule has 0 aliphatic carbocycles. The summed E-state index contributed by atoms with van der Waals surface area (Å²) in [6.07, 6.45) is 7.19. The number of aliphatic hydroxyl groups is 1. The highest BCUT2D eigenvalue weighted by Gasteiger charge is 2.29. The maximum atomic E-state index is 9.47. The van der Waals surface area contributed by atoms with Crippen LogP contribution in [0.2, 0.25) is 0 Å². The predicted molar refractivity (Wildman–Crippen MR) is 95.0 cm³/mol. The van der Waals surface area contributed by atoms with E-state index in [1.54, 1.807) is 6.92 Å². The Morgan fingerprint density at radius 1 is 1.04 bits per heavy atom. The van der Waals surface area contributed by atoms with E-state index in [1.165, 1.54) is 39.0 Å². The van der Waals surface area contributed by atoms with Crippen LogP contribution in [0.1, 0.15) is 58.2 Å². The second kappa shape index (κ2) is 7.93. The fourth-order valence-corrected chi connectivity index (χ4v) is 4.17. The number of nitrogens with zero attached hydrogens (tertiary/aromatic N) is 5. The first-order chi connectivity index (χ1) is 11.5. The van der Waals surface area contributed by atoms with Crippen molar-refractivity contribution in [3.05, 3.63) is 11.9 Å². The molecule has 3 rings (SSSR count). The Balaban J connectivity index is 1.47. The van der Waals surface area contributed by atoms with Crippen LogP contribution < -0.4 is 0 Å². The van der Waals surface area contributed by atoms with Crippen LogP contribution in [0.3, 0.4) is 0 Å². The van der Waals surface area contributed by atoms with Gasteiger partial charge in [0.1, 0.15) is 0 Å². The summed E-state index contributed by atoms with van der Waals surface area (Å²) in [5, 5.41) is 18.0. The molecule has 6 heteroatoms. The van der Waals surface area contributed by atoms with Gasteiger partial charge in [-0.2, -0.15) is 0 Å². The van der Waals surface area contributed by atoms with Gasteiger partial charge in [-0.1, -0.05) is 5.21 Å². The topological polar surface area (TPSA) is 57.4 Å². The molecule has 2 aliphatic rings. The molecule has 0 bridgehead atoms. The molecule has 1 unspecified atom stereocenters. The minimum absolute atomic E-state index is 0.353. The molecule has 0 radical (unpaired) electrons. The van der Waals surface area contributed by atoms with Gasteiger partial charge >= 0.3 is 0 Å². The summed E-state index contributed by atoms with van der Waals surface area (Å²) in [5.41, 5.74) is 0.897. The average molecular weight is 335 g/mol. The van der Waals surface area contributed by atoms with Crippen LogP contribution in [-0.2, 0) is 6.42 Å². The largest absolute Gasteiger partial charge is 0.393 e. The average Bonchev–Trinajstić information content (AvgIpc) is 3.03. The number of likely N-dealkylation sites (tertiary alicyclic amines) is 2. The van der Waals surface area contributed by atoms with Crippen LogP contribution in [0.5, 0.6) is 0 Å². The summed E-state index contributed by atoms with van der Waals surface area (Å²) in [6, 6.07) is 1.91. The Labute approximate surface area is 145 Å². The maximum Gasteiger partial charge on any atom is 0.0852 e. The van der Waals surface area contributed by atoms with Crippen LogP contribution in [0.25, 0.3) is 0 Å². The molecule has 0 aromatic carbocycles. The number of hydrogen-bond acceptors (Lipinski definition) is 5. The zero-order valence-corrected chi connectivity index (χ0v) is 15.4. The Morgan fingerprint density at radius 2 is 1.67 bits per heavy atom. The van der Waals surface area contributed by atoms with Gasteiger partial charge in [0.2, 0.25) is 0 Å². The van der Waals surface area contributed by atoms with Gasteiger partial charge in [0.15, 0.2) is 0 Å². The standard InChI is InChI=1S/C18H33N5O/c1-14(2)21-8-4-17(5-9-21)22-10-6-18(7-11-22)23-13-16(19-20-23)12-15(3)24/h13-15,17-18,24H,4-12H2,1-3H3.